The second kappa shape index (κ2) is 5.38. The van der Waals surface area contributed by atoms with Crippen molar-refractivity contribution in [2.24, 2.45) is 17.8 Å². The van der Waals surface area contributed by atoms with Gasteiger partial charge in [-0.2, -0.15) is 0 Å². The third-order valence-corrected chi connectivity index (χ3v) is 3.37. The Morgan fingerprint density at radius 3 is 2.36 bits per heavy atom. The summed E-state index contributed by atoms with van der Waals surface area (Å²) in [6.07, 6.45) is 6.33. The fourth-order valence-corrected chi connectivity index (χ4v) is 2.40. The van der Waals surface area contributed by atoms with Crippen molar-refractivity contribution >= 4 is 5.97 Å². The molecule has 0 aliphatic heterocycles. The summed E-state index contributed by atoms with van der Waals surface area (Å²) in [7, 11) is 1.49. The Labute approximate surface area is 87.0 Å². The smallest absolute Gasteiger partial charge is 0.308 e. The maximum Gasteiger partial charge on any atom is 0.308 e. The predicted molar refractivity (Wildman–Crippen MR) is 56.9 cm³/mol. The molecule has 14 heavy (non-hydrogen) atoms. The van der Waals surface area contributed by atoms with E-state index in [1.807, 2.05) is 0 Å². The summed E-state index contributed by atoms with van der Waals surface area (Å²) in [5.41, 5.74) is 0. The van der Waals surface area contributed by atoms with Gasteiger partial charge in [-0.15, -0.1) is 0 Å². The summed E-state index contributed by atoms with van der Waals surface area (Å²) in [5.74, 6) is 1.26. The molecule has 2 nitrogen and oxygen atoms in total. The molecule has 82 valence electrons. The summed E-state index contributed by atoms with van der Waals surface area (Å²) in [6, 6.07) is 0. The SMILES string of the molecule is COC(=O)C(CC1CCCC1)C(C)C. The minimum Gasteiger partial charge on any atom is -0.469 e. The van der Waals surface area contributed by atoms with Crippen LogP contribution in [0.3, 0.4) is 0 Å². The minimum atomic E-state index is -0.0214. The number of hydrogen-bond acceptors (Lipinski definition) is 2. The molecule has 1 aliphatic rings. The highest BCUT2D eigenvalue weighted by atomic mass is 16.5. The Bertz CT molecular complexity index is 181. The number of ether oxygens (including phenoxy) is 1. The maximum absolute atomic E-state index is 11.5. The maximum atomic E-state index is 11.5. The van der Waals surface area contributed by atoms with Crippen molar-refractivity contribution in [3.05, 3.63) is 0 Å². The van der Waals surface area contributed by atoms with Crippen LogP contribution in [0.1, 0.15) is 46.0 Å². The second-order valence-electron chi connectivity index (χ2n) is 4.76. The van der Waals surface area contributed by atoms with Gasteiger partial charge in [-0.25, -0.2) is 0 Å². The van der Waals surface area contributed by atoms with Crippen molar-refractivity contribution in [2.75, 3.05) is 7.11 Å². The highest BCUT2D eigenvalue weighted by Crippen LogP contribution is 2.33. The van der Waals surface area contributed by atoms with E-state index in [9.17, 15) is 4.79 Å². The first-order valence-corrected chi connectivity index (χ1v) is 5.73. The van der Waals surface area contributed by atoms with Crippen LogP contribution in [0.25, 0.3) is 0 Å². The van der Waals surface area contributed by atoms with Crippen LogP contribution in [0.4, 0.5) is 0 Å². The molecule has 1 atom stereocenters. The molecule has 0 amide bonds. The fraction of sp³-hybridized carbons (Fsp3) is 0.917. The van der Waals surface area contributed by atoms with Crippen molar-refractivity contribution in [1.82, 2.24) is 0 Å². The van der Waals surface area contributed by atoms with Crippen LogP contribution in [0.5, 0.6) is 0 Å². The Morgan fingerprint density at radius 2 is 1.93 bits per heavy atom. The van der Waals surface area contributed by atoms with Crippen LogP contribution in [-0.2, 0) is 9.53 Å². The van der Waals surface area contributed by atoms with Gasteiger partial charge in [0.1, 0.15) is 0 Å². The van der Waals surface area contributed by atoms with Gasteiger partial charge in [0.2, 0.25) is 0 Å². The van der Waals surface area contributed by atoms with E-state index in [0.29, 0.717) is 5.92 Å². The molecule has 1 rings (SSSR count). The van der Waals surface area contributed by atoms with Gasteiger partial charge < -0.3 is 4.74 Å². The number of hydrogen-bond donors (Lipinski definition) is 0. The zero-order valence-electron chi connectivity index (χ0n) is 9.58. The zero-order chi connectivity index (χ0) is 10.6. The molecular formula is C12H22O2. The monoisotopic (exact) mass is 198 g/mol. The van der Waals surface area contributed by atoms with Gasteiger partial charge in [0, 0.05) is 0 Å². The third kappa shape index (κ3) is 3.00. The summed E-state index contributed by atoms with van der Waals surface area (Å²) < 4.78 is 4.85. The van der Waals surface area contributed by atoms with E-state index in [2.05, 4.69) is 13.8 Å². The molecule has 0 N–H and O–H groups in total. The standard InChI is InChI=1S/C12H22O2/c1-9(2)11(12(13)14-3)8-10-6-4-5-7-10/h9-11H,4-8H2,1-3H3. The lowest BCUT2D eigenvalue weighted by molar-refractivity contribution is -0.147. The largest absolute Gasteiger partial charge is 0.469 e. The van der Waals surface area contributed by atoms with Gasteiger partial charge in [-0.05, 0) is 18.3 Å². The number of carbonyl (C=O) groups excluding carboxylic acids is 1. The summed E-state index contributed by atoms with van der Waals surface area (Å²) >= 11 is 0. The molecule has 2 heteroatoms. The van der Waals surface area contributed by atoms with E-state index in [1.165, 1.54) is 32.8 Å². The molecule has 1 saturated carbocycles. The molecule has 0 heterocycles. The van der Waals surface area contributed by atoms with Crippen molar-refractivity contribution in [3.63, 3.8) is 0 Å². The summed E-state index contributed by atoms with van der Waals surface area (Å²) in [4.78, 5) is 11.5. The molecule has 1 fully saturated rings. The van der Waals surface area contributed by atoms with Crippen LogP contribution in [0, 0.1) is 17.8 Å². The fourth-order valence-electron chi connectivity index (χ4n) is 2.40. The molecular weight excluding hydrogens is 176 g/mol. The van der Waals surface area contributed by atoms with Gasteiger partial charge in [0.05, 0.1) is 13.0 Å². The van der Waals surface area contributed by atoms with Crippen molar-refractivity contribution in [2.45, 2.75) is 46.0 Å². The number of methoxy groups -OCH3 is 1. The van der Waals surface area contributed by atoms with E-state index in [1.54, 1.807) is 0 Å². The lowest BCUT2D eigenvalue weighted by Gasteiger charge is -2.21. The van der Waals surface area contributed by atoms with E-state index in [-0.39, 0.29) is 11.9 Å². The normalized spacial score (nSPS) is 20.0. The minimum absolute atomic E-state index is 0.0214. The molecule has 0 aromatic rings. The van der Waals surface area contributed by atoms with Gasteiger partial charge >= 0.3 is 5.97 Å². The molecule has 0 saturated heterocycles. The quantitative estimate of drug-likeness (QED) is 0.649. The predicted octanol–water partition coefficient (Wildman–Crippen LogP) is 3.01. The number of rotatable bonds is 4. The Balaban J connectivity index is 2.45. The van der Waals surface area contributed by atoms with Crippen molar-refractivity contribution < 1.29 is 9.53 Å². The molecule has 0 aromatic carbocycles. The highest BCUT2D eigenvalue weighted by Gasteiger charge is 2.27. The highest BCUT2D eigenvalue weighted by molar-refractivity contribution is 5.72. The number of carbonyl (C=O) groups is 1. The molecule has 0 spiro atoms. The molecule has 0 aromatic heterocycles. The van der Waals surface area contributed by atoms with E-state index in [4.69, 9.17) is 4.74 Å². The van der Waals surface area contributed by atoms with Gasteiger partial charge in [0.25, 0.3) is 0 Å². The van der Waals surface area contributed by atoms with Gasteiger partial charge in [0.15, 0.2) is 0 Å². The first kappa shape index (κ1) is 11.5. The first-order chi connectivity index (χ1) is 6.65. The Morgan fingerprint density at radius 1 is 1.36 bits per heavy atom. The second-order valence-corrected chi connectivity index (χ2v) is 4.76. The van der Waals surface area contributed by atoms with Crippen LogP contribution in [-0.4, -0.2) is 13.1 Å². The van der Waals surface area contributed by atoms with E-state index >= 15 is 0 Å². The van der Waals surface area contributed by atoms with Crippen molar-refractivity contribution in [1.29, 1.82) is 0 Å². The van der Waals surface area contributed by atoms with E-state index in [0.717, 1.165) is 12.3 Å². The Hall–Kier alpha value is -0.530. The van der Waals surface area contributed by atoms with Crippen LogP contribution < -0.4 is 0 Å². The molecule has 1 unspecified atom stereocenters. The Kier molecular flexibility index (Phi) is 4.43. The lowest BCUT2D eigenvalue weighted by atomic mass is 9.86. The zero-order valence-corrected chi connectivity index (χ0v) is 9.58. The number of esters is 1. The van der Waals surface area contributed by atoms with Crippen LogP contribution in [0.15, 0.2) is 0 Å². The van der Waals surface area contributed by atoms with Crippen LogP contribution in [0.2, 0.25) is 0 Å². The average Bonchev–Trinajstić information content (AvgIpc) is 2.65. The lowest BCUT2D eigenvalue weighted by Crippen LogP contribution is -2.23. The van der Waals surface area contributed by atoms with Crippen molar-refractivity contribution in [3.8, 4) is 0 Å². The van der Waals surface area contributed by atoms with Gasteiger partial charge in [-0.3, -0.25) is 4.79 Å². The summed E-state index contributed by atoms with van der Waals surface area (Å²) in [5, 5.41) is 0. The molecule has 0 radical (unpaired) electrons. The van der Waals surface area contributed by atoms with Crippen LogP contribution >= 0.6 is 0 Å². The van der Waals surface area contributed by atoms with E-state index < -0.39 is 0 Å². The average molecular weight is 198 g/mol. The van der Waals surface area contributed by atoms with Gasteiger partial charge in [-0.1, -0.05) is 39.5 Å². The molecule has 1 aliphatic carbocycles. The molecule has 0 bridgehead atoms. The topological polar surface area (TPSA) is 26.3 Å². The summed E-state index contributed by atoms with van der Waals surface area (Å²) in [6.45, 7) is 4.22. The third-order valence-electron chi connectivity index (χ3n) is 3.37. The first-order valence-electron chi connectivity index (χ1n) is 5.73.